The number of nitrogens with zero attached hydrogens (tertiary/aromatic N) is 5. The van der Waals surface area contributed by atoms with Gasteiger partial charge in [0.25, 0.3) is 5.91 Å². The maximum Gasteiger partial charge on any atom is 0.257 e. The van der Waals surface area contributed by atoms with E-state index in [2.05, 4.69) is 26.7 Å². The highest BCUT2D eigenvalue weighted by molar-refractivity contribution is 5.96. The molecule has 2 fully saturated rings. The van der Waals surface area contributed by atoms with Crippen LogP contribution in [-0.2, 0) is 6.42 Å². The molecule has 2 aromatic rings. The quantitative estimate of drug-likeness (QED) is 0.678. The maximum absolute atomic E-state index is 13.9. The number of benzene rings is 1. The largest absolute Gasteiger partial charge is 0.338 e. The summed E-state index contributed by atoms with van der Waals surface area (Å²) in [5.74, 6) is -0.0601. The highest BCUT2D eigenvalue weighted by Gasteiger charge is 2.37. The Morgan fingerprint density at radius 1 is 1.03 bits per heavy atom. The van der Waals surface area contributed by atoms with Gasteiger partial charge in [-0.3, -0.25) is 14.6 Å². The third-order valence-electron chi connectivity index (χ3n) is 7.97. The van der Waals surface area contributed by atoms with Gasteiger partial charge in [-0.25, -0.2) is 14.4 Å². The fraction of sp³-hybridized carbons (Fsp3) is 0.593. The lowest BCUT2D eigenvalue weighted by molar-refractivity contribution is 0.0103. The zero-order valence-corrected chi connectivity index (χ0v) is 19.9. The Morgan fingerprint density at radius 3 is 2.41 bits per heavy atom. The lowest BCUT2D eigenvalue weighted by Crippen LogP contribution is -2.57. The van der Waals surface area contributed by atoms with Crippen LogP contribution in [0.5, 0.6) is 0 Å². The number of amides is 1. The van der Waals surface area contributed by atoms with E-state index in [1.54, 1.807) is 12.1 Å². The van der Waals surface area contributed by atoms with Crippen molar-refractivity contribution in [3.8, 4) is 0 Å². The summed E-state index contributed by atoms with van der Waals surface area (Å²) in [5.41, 5.74) is 4.67. The van der Waals surface area contributed by atoms with E-state index in [4.69, 9.17) is 0 Å². The minimum absolute atomic E-state index is 0. The Kier molecular flexibility index (Phi) is 7.33. The standard InChI is InChI=1S/C26H34FN5O.CH4/c1-17-15-31(12-13-32(17)24-7-5-20-4-6-21(27)14-23(20)24)22-8-10-30(11-9-22)26(33)25-18(2)28-16-29-19(25)3;/h4,6,14,16-17,22,24H,5,7-13,15H2,1-3H3;1H4/t17-,24?;/m0./s1. The fourth-order valence-electron chi connectivity index (χ4n) is 6.19. The zero-order chi connectivity index (χ0) is 23.1. The van der Waals surface area contributed by atoms with Gasteiger partial charge in [0.2, 0.25) is 0 Å². The van der Waals surface area contributed by atoms with Crippen LogP contribution in [0, 0.1) is 19.7 Å². The van der Waals surface area contributed by atoms with Gasteiger partial charge >= 0.3 is 0 Å². The highest BCUT2D eigenvalue weighted by atomic mass is 19.1. The fourth-order valence-corrected chi connectivity index (χ4v) is 6.19. The smallest absolute Gasteiger partial charge is 0.257 e. The molecule has 2 saturated heterocycles. The first-order valence-electron chi connectivity index (χ1n) is 12.3. The molecule has 3 heterocycles. The second-order valence-electron chi connectivity index (χ2n) is 9.92. The second kappa shape index (κ2) is 10.1. The Balaban J connectivity index is 0.00000274. The topological polar surface area (TPSA) is 52.6 Å². The number of carbonyl (C=O) groups excluding carboxylic acids is 1. The first-order valence-corrected chi connectivity index (χ1v) is 12.3. The first kappa shape index (κ1) is 24.7. The van der Waals surface area contributed by atoms with Crippen molar-refractivity contribution in [2.45, 2.75) is 72.0 Å². The van der Waals surface area contributed by atoms with Crippen molar-refractivity contribution in [3.63, 3.8) is 0 Å². The van der Waals surface area contributed by atoms with Crippen molar-refractivity contribution < 1.29 is 9.18 Å². The normalized spacial score (nSPS) is 24.1. The number of hydrogen-bond donors (Lipinski definition) is 0. The summed E-state index contributed by atoms with van der Waals surface area (Å²) in [6.07, 6.45) is 5.66. The van der Waals surface area contributed by atoms with Gasteiger partial charge in [0.1, 0.15) is 12.1 Å². The van der Waals surface area contributed by atoms with Crippen molar-refractivity contribution in [2.24, 2.45) is 0 Å². The number of piperidine rings is 1. The van der Waals surface area contributed by atoms with E-state index in [0.717, 1.165) is 69.8 Å². The molecular formula is C27H38FN5O. The predicted octanol–water partition coefficient (Wildman–Crippen LogP) is 4.17. The molecule has 0 saturated carbocycles. The molecular weight excluding hydrogens is 429 g/mol. The van der Waals surface area contributed by atoms with E-state index >= 15 is 0 Å². The molecule has 34 heavy (non-hydrogen) atoms. The summed E-state index contributed by atoms with van der Waals surface area (Å²) >= 11 is 0. The number of hydrogen-bond acceptors (Lipinski definition) is 5. The first-order chi connectivity index (χ1) is 15.9. The van der Waals surface area contributed by atoms with Crippen LogP contribution in [0.2, 0.25) is 0 Å². The molecule has 0 spiro atoms. The lowest BCUT2D eigenvalue weighted by Gasteiger charge is -2.47. The van der Waals surface area contributed by atoms with Crippen LogP contribution in [0.1, 0.15) is 72.5 Å². The third-order valence-corrected chi connectivity index (χ3v) is 7.97. The van der Waals surface area contributed by atoms with Crippen molar-refractivity contribution in [1.29, 1.82) is 0 Å². The lowest BCUT2D eigenvalue weighted by atomic mass is 9.98. The molecule has 6 nitrogen and oxygen atoms in total. The molecule has 1 unspecified atom stereocenters. The predicted molar refractivity (Wildman–Crippen MR) is 132 cm³/mol. The van der Waals surface area contributed by atoms with Gasteiger partial charge in [0.15, 0.2) is 0 Å². The van der Waals surface area contributed by atoms with E-state index in [1.165, 1.54) is 17.5 Å². The SMILES string of the molecule is C.Cc1ncnc(C)c1C(=O)N1CCC(N2CCN(C3CCc4ccc(F)cc43)[C@@H](C)C2)CC1. The molecule has 1 amide bonds. The van der Waals surface area contributed by atoms with Crippen molar-refractivity contribution >= 4 is 5.91 Å². The van der Waals surface area contributed by atoms with Crippen LogP contribution < -0.4 is 0 Å². The summed E-state index contributed by atoms with van der Waals surface area (Å²) < 4.78 is 13.9. The summed E-state index contributed by atoms with van der Waals surface area (Å²) in [6.45, 7) is 10.7. The Labute approximate surface area is 203 Å². The van der Waals surface area contributed by atoms with E-state index in [0.29, 0.717) is 23.7 Å². The molecule has 1 aromatic carbocycles. The number of rotatable bonds is 3. The molecule has 2 atom stereocenters. The van der Waals surface area contributed by atoms with Crippen molar-refractivity contribution in [3.05, 3.63) is 58.4 Å². The van der Waals surface area contributed by atoms with Gasteiger partial charge in [-0.2, -0.15) is 0 Å². The molecule has 2 aliphatic heterocycles. The number of aryl methyl sites for hydroxylation is 3. The van der Waals surface area contributed by atoms with Crippen molar-refractivity contribution in [1.82, 2.24) is 24.7 Å². The van der Waals surface area contributed by atoms with E-state index in [1.807, 2.05) is 24.8 Å². The van der Waals surface area contributed by atoms with Gasteiger partial charge in [-0.15, -0.1) is 0 Å². The molecule has 1 aromatic heterocycles. The van der Waals surface area contributed by atoms with Crippen molar-refractivity contribution in [2.75, 3.05) is 32.7 Å². The number of aromatic nitrogens is 2. The zero-order valence-electron chi connectivity index (χ0n) is 19.9. The number of carbonyl (C=O) groups is 1. The number of fused-ring (bicyclic) bond motifs is 1. The Morgan fingerprint density at radius 2 is 1.74 bits per heavy atom. The minimum Gasteiger partial charge on any atom is -0.338 e. The van der Waals surface area contributed by atoms with Gasteiger partial charge in [0, 0.05) is 50.8 Å². The van der Waals surface area contributed by atoms with Crippen LogP contribution in [0.25, 0.3) is 0 Å². The molecule has 3 aliphatic rings. The second-order valence-corrected chi connectivity index (χ2v) is 9.92. The van der Waals surface area contributed by atoms with Gasteiger partial charge in [-0.1, -0.05) is 13.5 Å². The van der Waals surface area contributed by atoms with Gasteiger partial charge < -0.3 is 4.90 Å². The maximum atomic E-state index is 13.9. The molecule has 0 bridgehead atoms. The van der Waals surface area contributed by atoms with Crippen LogP contribution >= 0.6 is 0 Å². The molecule has 0 radical (unpaired) electrons. The number of likely N-dealkylation sites (tertiary alicyclic amines) is 1. The average Bonchev–Trinajstić information content (AvgIpc) is 3.21. The summed E-state index contributed by atoms with van der Waals surface area (Å²) in [5, 5.41) is 0. The van der Waals surface area contributed by atoms with Gasteiger partial charge in [0.05, 0.1) is 17.0 Å². The Bertz CT molecular complexity index is 1020. The molecule has 0 N–H and O–H groups in total. The van der Waals surface area contributed by atoms with Crippen LogP contribution in [0.15, 0.2) is 24.5 Å². The monoisotopic (exact) mass is 467 g/mol. The molecule has 5 rings (SSSR count). The highest BCUT2D eigenvalue weighted by Crippen LogP contribution is 2.38. The van der Waals surface area contributed by atoms with Gasteiger partial charge in [-0.05, 0) is 69.7 Å². The average molecular weight is 468 g/mol. The number of halogens is 1. The summed E-state index contributed by atoms with van der Waals surface area (Å²) in [4.78, 5) is 28.7. The molecule has 7 heteroatoms. The van der Waals surface area contributed by atoms with E-state index in [-0.39, 0.29) is 19.2 Å². The third kappa shape index (κ3) is 4.60. The van der Waals surface area contributed by atoms with Crippen LogP contribution in [0.4, 0.5) is 4.39 Å². The molecule has 1 aliphatic carbocycles. The van der Waals surface area contributed by atoms with E-state index in [9.17, 15) is 9.18 Å². The minimum atomic E-state index is -0.124. The Hall–Kier alpha value is -2.38. The van der Waals surface area contributed by atoms with Crippen LogP contribution in [0.3, 0.4) is 0 Å². The van der Waals surface area contributed by atoms with E-state index < -0.39 is 0 Å². The van der Waals surface area contributed by atoms with Crippen LogP contribution in [-0.4, -0.2) is 75.4 Å². The number of piperazine rings is 1. The molecule has 184 valence electrons. The summed E-state index contributed by atoms with van der Waals surface area (Å²) in [7, 11) is 0. The summed E-state index contributed by atoms with van der Waals surface area (Å²) in [6, 6.07) is 6.59.